The highest BCUT2D eigenvalue weighted by atomic mass is 32.1. The maximum absolute atomic E-state index is 13.4. The summed E-state index contributed by atoms with van der Waals surface area (Å²) in [7, 11) is 0. The zero-order valence-corrected chi connectivity index (χ0v) is 18.5. The molecule has 0 unspecified atom stereocenters. The van der Waals surface area contributed by atoms with Crippen molar-refractivity contribution in [3.05, 3.63) is 47.9 Å². The number of thiazole rings is 1. The Morgan fingerprint density at radius 1 is 1.00 bits per heavy atom. The van der Waals surface area contributed by atoms with Gasteiger partial charge in [-0.25, -0.2) is 15.0 Å². The summed E-state index contributed by atoms with van der Waals surface area (Å²) in [5, 5.41) is 0.850. The Morgan fingerprint density at radius 2 is 1.78 bits per heavy atom. The fourth-order valence-electron chi connectivity index (χ4n) is 4.75. The highest BCUT2D eigenvalue weighted by Crippen LogP contribution is 2.45. The summed E-state index contributed by atoms with van der Waals surface area (Å²) in [4.78, 5) is 16.6. The Balaban J connectivity index is 1.65. The van der Waals surface area contributed by atoms with Crippen molar-refractivity contribution in [3.8, 4) is 21.8 Å². The Kier molecular flexibility index (Phi) is 5.88. The normalized spacial score (nSPS) is 17.8. The predicted octanol–water partition coefficient (Wildman–Crippen LogP) is 6.73. The third-order valence-corrected chi connectivity index (χ3v) is 7.54. The lowest BCUT2D eigenvalue weighted by molar-refractivity contribution is -0.137. The van der Waals surface area contributed by atoms with E-state index in [4.69, 9.17) is 4.98 Å². The maximum atomic E-state index is 13.4. The lowest BCUT2D eigenvalue weighted by Gasteiger charge is -2.25. The zero-order valence-electron chi connectivity index (χ0n) is 17.7. The van der Waals surface area contributed by atoms with Crippen molar-refractivity contribution < 1.29 is 13.2 Å². The van der Waals surface area contributed by atoms with Crippen molar-refractivity contribution in [2.45, 2.75) is 57.0 Å². The van der Waals surface area contributed by atoms with E-state index in [0.717, 1.165) is 66.1 Å². The number of alkyl halides is 3. The van der Waals surface area contributed by atoms with Crippen LogP contribution in [0.1, 0.15) is 62.0 Å². The molecule has 0 N–H and O–H groups in total. The smallest absolute Gasteiger partial charge is 0.348 e. The first-order valence-corrected chi connectivity index (χ1v) is 12.0. The molecule has 1 saturated heterocycles. The van der Waals surface area contributed by atoms with Gasteiger partial charge >= 0.3 is 6.18 Å². The van der Waals surface area contributed by atoms with Crippen LogP contribution in [-0.2, 0) is 6.18 Å². The van der Waals surface area contributed by atoms with Crippen LogP contribution in [0.3, 0.4) is 0 Å². The number of rotatable bonds is 4. The average Bonchev–Trinajstić information content (AvgIpc) is 3.50. The number of hydrogen-bond donors (Lipinski definition) is 0. The molecule has 1 aliphatic heterocycles. The third kappa shape index (κ3) is 4.25. The molecule has 1 radical (unpaired) electrons. The van der Waals surface area contributed by atoms with Crippen LogP contribution in [0.5, 0.6) is 0 Å². The summed E-state index contributed by atoms with van der Waals surface area (Å²) in [6, 6.07) is 5.45. The van der Waals surface area contributed by atoms with Crippen molar-refractivity contribution in [3.63, 3.8) is 0 Å². The largest absolute Gasteiger partial charge is 0.416 e. The molecule has 1 aromatic carbocycles. The second-order valence-corrected chi connectivity index (χ2v) is 9.53. The molecule has 2 aromatic heterocycles. The molecule has 32 heavy (non-hydrogen) atoms. The number of piperidine rings is 1. The minimum atomic E-state index is -4.40. The lowest BCUT2D eigenvalue weighted by atomic mass is 9.95. The highest BCUT2D eigenvalue weighted by molar-refractivity contribution is 7.19. The van der Waals surface area contributed by atoms with Gasteiger partial charge in [0.15, 0.2) is 11.5 Å². The number of anilines is 1. The van der Waals surface area contributed by atoms with Crippen LogP contribution in [0.4, 0.5) is 18.3 Å². The van der Waals surface area contributed by atoms with Gasteiger partial charge in [0.2, 0.25) is 0 Å². The van der Waals surface area contributed by atoms with E-state index < -0.39 is 11.7 Å². The molecular formula is C24H24F3N4S. The van der Waals surface area contributed by atoms with Crippen LogP contribution in [0, 0.1) is 6.33 Å². The molecule has 8 heteroatoms. The second kappa shape index (κ2) is 8.81. The number of benzene rings is 1. The number of halogens is 3. The topological polar surface area (TPSA) is 41.9 Å². The van der Waals surface area contributed by atoms with Gasteiger partial charge in [-0.3, -0.25) is 0 Å². The van der Waals surface area contributed by atoms with Gasteiger partial charge in [-0.2, -0.15) is 13.2 Å². The van der Waals surface area contributed by atoms with E-state index in [9.17, 15) is 13.2 Å². The Labute approximate surface area is 189 Å². The fourth-order valence-corrected chi connectivity index (χ4v) is 5.90. The van der Waals surface area contributed by atoms with Crippen LogP contribution < -0.4 is 4.90 Å². The van der Waals surface area contributed by atoms with E-state index in [0.29, 0.717) is 17.2 Å². The molecule has 167 valence electrons. The van der Waals surface area contributed by atoms with Crippen LogP contribution in [0.2, 0.25) is 0 Å². The summed E-state index contributed by atoms with van der Waals surface area (Å²) in [5.41, 5.74) is 2.18. The minimum absolute atomic E-state index is 0.370. The highest BCUT2D eigenvalue weighted by Gasteiger charge is 2.32. The molecule has 2 fully saturated rings. The van der Waals surface area contributed by atoms with Gasteiger partial charge < -0.3 is 4.90 Å². The van der Waals surface area contributed by atoms with Crippen molar-refractivity contribution >= 4 is 16.5 Å². The third-order valence-electron chi connectivity index (χ3n) is 6.41. The second-order valence-electron chi connectivity index (χ2n) is 8.56. The lowest BCUT2D eigenvalue weighted by Crippen LogP contribution is -2.29. The zero-order chi connectivity index (χ0) is 22.1. The standard InChI is InChI=1S/C24H24F3N4S/c25-24(26,27)18-10-6-9-17(13-18)20-22(32-23(30-20)31-11-4-1-5-12-31)21-19(14-28-15-29-21)16-7-2-3-8-16/h6,9-10,13-14,16H,1-5,7-8,11-12H2. The number of hydrogen-bond acceptors (Lipinski definition) is 5. The van der Waals surface area contributed by atoms with E-state index in [1.807, 2.05) is 6.20 Å². The molecule has 1 aliphatic carbocycles. The van der Waals surface area contributed by atoms with Crippen molar-refractivity contribution in [2.75, 3.05) is 18.0 Å². The monoisotopic (exact) mass is 457 g/mol. The van der Waals surface area contributed by atoms with Crippen molar-refractivity contribution in [2.24, 2.45) is 0 Å². The van der Waals surface area contributed by atoms with Gasteiger partial charge in [0, 0.05) is 30.4 Å². The van der Waals surface area contributed by atoms with Crippen molar-refractivity contribution in [1.29, 1.82) is 0 Å². The molecule has 5 rings (SSSR count). The first-order chi connectivity index (χ1) is 15.5. The number of aromatic nitrogens is 3. The predicted molar refractivity (Wildman–Crippen MR) is 120 cm³/mol. The van der Waals surface area contributed by atoms with E-state index in [1.54, 1.807) is 6.07 Å². The van der Waals surface area contributed by atoms with Gasteiger partial charge in [-0.05, 0) is 50.2 Å². The maximum Gasteiger partial charge on any atom is 0.416 e. The first-order valence-electron chi connectivity index (χ1n) is 11.2. The Bertz CT molecular complexity index is 1080. The fraction of sp³-hybridized carbons (Fsp3) is 0.458. The molecule has 4 nitrogen and oxygen atoms in total. The van der Waals surface area contributed by atoms with Crippen LogP contribution in [0.25, 0.3) is 21.8 Å². The van der Waals surface area contributed by atoms with E-state index in [1.165, 1.54) is 42.7 Å². The quantitative estimate of drug-likeness (QED) is 0.435. The van der Waals surface area contributed by atoms with Gasteiger partial charge in [0.1, 0.15) is 0 Å². The molecule has 0 spiro atoms. The molecule has 0 amide bonds. The summed E-state index contributed by atoms with van der Waals surface area (Å²) in [6.45, 7) is 1.83. The Hall–Kier alpha value is -2.48. The van der Waals surface area contributed by atoms with Gasteiger partial charge in [0.05, 0.1) is 21.8 Å². The average molecular weight is 458 g/mol. The van der Waals surface area contributed by atoms with Gasteiger partial charge in [-0.1, -0.05) is 36.3 Å². The molecule has 2 aliphatic rings. The molecule has 3 aromatic rings. The van der Waals surface area contributed by atoms with Crippen LogP contribution in [0.15, 0.2) is 30.5 Å². The van der Waals surface area contributed by atoms with Gasteiger partial charge in [-0.15, -0.1) is 0 Å². The van der Waals surface area contributed by atoms with Crippen LogP contribution in [-0.4, -0.2) is 28.0 Å². The van der Waals surface area contributed by atoms with Gasteiger partial charge in [0.25, 0.3) is 0 Å². The Morgan fingerprint density at radius 3 is 2.53 bits per heavy atom. The first kappa shape index (κ1) is 21.4. The van der Waals surface area contributed by atoms with Crippen molar-refractivity contribution in [1.82, 2.24) is 15.0 Å². The van der Waals surface area contributed by atoms with E-state index >= 15 is 0 Å². The molecule has 3 heterocycles. The van der Waals surface area contributed by atoms with E-state index in [-0.39, 0.29) is 0 Å². The molecular weight excluding hydrogens is 433 g/mol. The molecule has 0 atom stereocenters. The molecule has 0 bridgehead atoms. The summed E-state index contributed by atoms with van der Waals surface area (Å²) in [6.07, 6.45) is 8.04. The minimum Gasteiger partial charge on any atom is -0.348 e. The van der Waals surface area contributed by atoms with E-state index in [2.05, 4.69) is 21.2 Å². The molecule has 1 saturated carbocycles. The SMILES string of the molecule is FC(F)(F)c1cccc(-c2nc(N3CCCCC3)sc2-c2n[c]ncc2C2CCCC2)c1. The number of nitrogens with zero attached hydrogens (tertiary/aromatic N) is 4. The summed E-state index contributed by atoms with van der Waals surface area (Å²) >= 11 is 1.52. The summed E-state index contributed by atoms with van der Waals surface area (Å²) in [5.74, 6) is 0.370. The summed E-state index contributed by atoms with van der Waals surface area (Å²) < 4.78 is 40.3. The van der Waals surface area contributed by atoms with Crippen LogP contribution >= 0.6 is 11.3 Å².